The van der Waals surface area contributed by atoms with Crippen LogP contribution in [0.15, 0.2) is 36.7 Å². The highest BCUT2D eigenvalue weighted by Crippen LogP contribution is 2.34. The Hall–Kier alpha value is -2.80. The molecule has 2 aromatic heterocycles. The SMILES string of the molecule is O=C(c1cccc(F)c1Cl)C1CCN(c2nc3cnccc3nc2NC2CC2)CC1. The second-order valence-electron chi connectivity index (χ2n) is 7.91. The fraction of sp³-hybridized carbons (Fsp3) is 0.364. The van der Waals surface area contributed by atoms with Gasteiger partial charge in [-0.3, -0.25) is 9.78 Å². The minimum atomic E-state index is -0.559. The number of aromatic nitrogens is 3. The molecule has 8 heteroatoms. The van der Waals surface area contributed by atoms with Crippen LogP contribution in [-0.2, 0) is 0 Å². The number of benzene rings is 1. The van der Waals surface area contributed by atoms with Crippen LogP contribution in [0.2, 0.25) is 5.02 Å². The number of hydrogen-bond acceptors (Lipinski definition) is 6. The number of carbonyl (C=O) groups is 1. The number of piperidine rings is 1. The number of nitrogens with one attached hydrogen (secondary N) is 1. The molecule has 0 spiro atoms. The topological polar surface area (TPSA) is 71.0 Å². The highest BCUT2D eigenvalue weighted by molar-refractivity contribution is 6.34. The van der Waals surface area contributed by atoms with Crippen LogP contribution in [0, 0.1) is 11.7 Å². The van der Waals surface area contributed by atoms with Gasteiger partial charge in [-0.2, -0.15) is 0 Å². The molecule has 0 radical (unpaired) electrons. The van der Waals surface area contributed by atoms with Gasteiger partial charge in [0.05, 0.1) is 16.7 Å². The third-order valence-electron chi connectivity index (χ3n) is 5.75. The lowest BCUT2D eigenvalue weighted by Crippen LogP contribution is -2.37. The first-order chi connectivity index (χ1) is 14.6. The van der Waals surface area contributed by atoms with Crippen molar-refractivity contribution in [3.05, 3.63) is 53.1 Å². The van der Waals surface area contributed by atoms with Crippen molar-refractivity contribution in [2.45, 2.75) is 31.7 Å². The second-order valence-corrected chi connectivity index (χ2v) is 8.28. The first-order valence-corrected chi connectivity index (χ1v) is 10.6. The Labute approximate surface area is 178 Å². The zero-order valence-corrected chi connectivity index (χ0v) is 17.1. The number of rotatable bonds is 5. The standard InChI is InChI=1S/C22H21ClFN5O/c23-19-15(2-1-3-16(19)24)20(30)13-7-10-29(11-8-13)22-21(26-14-4-5-14)27-17-6-9-25-12-18(17)28-22/h1-3,6,9,12-14H,4-5,7-8,10-11H2,(H,26,27). The molecule has 3 heterocycles. The van der Waals surface area contributed by atoms with Gasteiger partial charge in [0.15, 0.2) is 17.4 Å². The van der Waals surface area contributed by atoms with Crippen molar-refractivity contribution < 1.29 is 9.18 Å². The average Bonchev–Trinajstić information content (AvgIpc) is 3.59. The first kappa shape index (κ1) is 19.2. The van der Waals surface area contributed by atoms with Gasteiger partial charge in [0.1, 0.15) is 11.3 Å². The summed E-state index contributed by atoms with van der Waals surface area (Å²) in [6.07, 6.45) is 7.02. The van der Waals surface area contributed by atoms with Crippen molar-refractivity contribution in [2.75, 3.05) is 23.3 Å². The number of hydrogen-bond donors (Lipinski definition) is 1. The van der Waals surface area contributed by atoms with Gasteiger partial charge in [-0.1, -0.05) is 17.7 Å². The molecule has 0 amide bonds. The molecule has 30 heavy (non-hydrogen) atoms. The molecule has 1 aliphatic heterocycles. The lowest BCUT2D eigenvalue weighted by Gasteiger charge is -2.33. The molecular weight excluding hydrogens is 405 g/mol. The fourth-order valence-corrected chi connectivity index (χ4v) is 4.12. The summed E-state index contributed by atoms with van der Waals surface area (Å²) in [5, 5.41) is 3.40. The Morgan fingerprint density at radius 3 is 2.67 bits per heavy atom. The Morgan fingerprint density at radius 1 is 1.10 bits per heavy atom. The summed E-state index contributed by atoms with van der Waals surface area (Å²) in [6.45, 7) is 1.34. The minimum absolute atomic E-state index is 0.0891. The molecular formula is C22H21ClFN5O. The molecule has 3 aromatic rings. The molecule has 1 saturated heterocycles. The van der Waals surface area contributed by atoms with Gasteiger partial charge in [-0.15, -0.1) is 0 Å². The average molecular weight is 426 g/mol. The van der Waals surface area contributed by atoms with Gasteiger partial charge in [0.25, 0.3) is 0 Å². The molecule has 0 bridgehead atoms. The molecule has 0 atom stereocenters. The number of ketones is 1. The lowest BCUT2D eigenvalue weighted by molar-refractivity contribution is 0.0900. The van der Waals surface area contributed by atoms with Crippen LogP contribution in [0.5, 0.6) is 0 Å². The van der Waals surface area contributed by atoms with Crippen molar-refractivity contribution in [1.82, 2.24) is 15.0 Å². The summed E-state index contributed by atoms with van der Waals surface area (Å²) in [6, 6.07) is 6.70. The predicted molar refractivity (Wildman–Crippen MR) is 115 cm³/mol. The molecule has 1 N–H and O–H groups in total. The van der Waals surface area contributed by atoms with Crippen molar-refractivity contribution in [2.24, 2.45) is 5.92 Å². The van der Waals surface area contributed by atoms with Crippen LogP contribution in [0.3, 0.4) is 0 Å². The molecule has 2 aliphatic rings. The maximum absolute atomic E-state index is 13.8. The minimum Gasteiger partial charge on any atom is -0.364 e. The predicted octanol–water partition coefficient (Wildman–Crippen LogP) is 4.49. The van der Waals surface area contributed by atoms with Crippen LogP contribution < -0.4 is 10.2 Å². The highest BCUT2D eigenvalue weighted by atomic mass is 35.5. The second kappa shape index (κ2) is 7.80. The van der Waals surface area contributed by atoms with Crippen molar-refractivity contribution in [3.8, 4) is 0 Å². The molecule has 1 aliphatic carbocycles. The summed E-state index contributed by atoms with van der Waals surface area (Å²) in [4.78, 5) is 28.8. The van der Waals surface area contributed by atoms with Crippen LogP contribution in [0.25, 0.3) is 11.0 Å². The van der Waals surface area contributed by atoms with E-state index in [2.05, 4.69) is 15.2 Å². The van der Waals surface area contributed by atoms with Gasteiger partial charge < -0.3 is 10.2 Å². The molecule has 154 valence electrons. The van der Waals surface area contributed by atoms with E-state index in [0.29, 0.717) is 32.0 Å². The smallest absolute Gasteiger partial charge is 0.172 e. The number of nitrogens with zero attached hydrogens (tertiary/aromatic N) is 4. The summed E-state index contributed by atoms with van der Waals surface area (Å²) < 4.78 is 13.8. The quantitative estimate of drug-likeness (QED) is 0.607. The van der Waals surface area contributed by atoms with Crippen LogP contribution in [-0.4, -0.2) is 39.9 Å². The number of Topliss-reactive ketones (excluding diaryl/α,β-unsaturated/α-hetero) is 1. The number of fused-ring (bicyclic) bond motifs is 1. The van der Waals surface area contributed by atoms with E-state index in [9.17, 15) is 9.18 Å². The van der Waals surface area contributed by atoms with E-state index < -0.39 is 5.82 Å². The summed E-state index contributed by atoms with van der Waals surface area (Å²) in [7, 11) is 0. The van der Waals surface area contributed by atoms with E-state index in [1.807, 2.05) is 6.07 Å². The van der Waals surface area contributed by atoms with Gasteiger partial charge >= 0.3 is 0 Å². The zero-order valence-electron chi connectivity index (χ0n) is 16.3. The third-order valence-corrected chi connectivity index (χ3v) is 6.13. The molecule has 0 unspecified atom stereocenters. The Morgan fingerprint density at radius 2 is 1.90 bits per heavy atom. The van der Waals surface area contributed by atoms with Crippen LogP contribution >= 0.6 is 11.6 Å². The van der Waals surface area contributed by atoms with Gasteiger partial charge in [0.2, 0.25) is 0 Å². The van der Waals surface area contributed by atoms with Gasteiger partial charge in [-0.25, -0.2) is 14.4 Å². The van der Waals surface area contributed by atoms with Crippen molar-refractivity contribution in [1.29, 1.82) is 0 Å². The Balaban J connectivity index is 1.36. The summed E-state index contributed by atoms with van der Waals surface area (Å²) in [5.41, 5.74) is 1.82. The van der Waals surface area contributed by atoms with E-state index in [4.69, 9.17) is 21.6 Å². The third kappa shape index (κ3) is 3.69. The largest absolute Gasteiger partial charge is 0.364 e. The number of pyridine rings is 1. The molecule has 2 fully saturated rings. The molecule has 6 nitrogen and oxygen atoms in total. The van der Waals surface area contributed by atoms with Crippen molar-refractivity contribution in [3.63, 3.8) is 0 Å². The maximum atomic E-state index is 13.8. The first-order valence-electron chi connectivity index (χ1n) is 10.2. The van der Waals surface area contributed by atoms with Gasteiger partial charge in [0, 0.05) is 36.8 Å². The molecule has 1 aromatic carbocycles. The maximum Gasteiger partial charge on any atom is 0.172 e. The monoisotopic (exact) mass is 425 g/mol. The fourth-order valence-electron chi connectivity index (χ4n) is 3.90. The van der Waals surface area contributed by atoms with E-state index in [-0.39, 0.29) is 22.3 Å². The highest BCUT2D eigenvalue weighted by Gasteiger charge is 2.30. The van der Waals surface area contributed by atoms with Crippen molar-refractivity contribution >= 4 is 40.1 Å². The molecule has 1 saturated carbocycles. The number of halogens is 2. The lowest BCUT2D eigenvalue weighted by atomic mass is 9.89. The van der Waals surface area contributed by atoms with Crippen LogP contribution in [0.1, 0.15) is 36.0 Å². The summed E-state index contributed by atoms with van der Waals surface area (Å²) in [5.74, 6) is 0.752. The number of carbonyl (C=O) groups excluding carboxylic acids is 1. The number of anilines is 2. The summed E-state index contributed by atoms with van der Waals surface area (Å²) >= 11 is 6.02. The van der Waals surface area contributed by atoms with Crippen LogP contribution in [0.4, 0.5) is 16.0 Å². The Kier molecular flexibility index (Phi) is 4.98. The zero-order chi connectivity index (χ0) is 20.7. The van der Waals surface area contributed by atoms with E-state index >= 15 is 0 Å². The van der Waals surface area contributed by atoms with Gasteiger partial charge in [-0.05, 0) is 43.9 Å². The van der Waals surface area contributed by atoms with E-state index in [1.165, 1.54) is 12.1 Å². The molecule has 5 rings (SSSR count). The Bertz CT molecular complexity index is 1110. The van der Waals surface area contributed by atoms with E-state index in [0.717, 1.165) is 35.5 Å². The normalized spacial score (nSPS) is 17.3. The van der Waals surface area contributed by atoms with E-state index in [1.54, 1.807) is 18.5 Å².